The summed E-state index contributed by atoms with van der Waals surface area (Å²) >= 11 is 6.81. The third kappa shape index (κ3) is 7.93. The molecule has 5 atom stereocenters. The third-order valence-corrected chi connectivity index (χ3v) is 16.2. The molecule has 7 heteroatoms. The molecule has 0 radical (unpaired) electrons. The van der Waals surface area contributed by atoms with E-state index in [4.69, 9.17) is 30.2 Å². The molecular formula is C38H53ClO5Si. The van der Waals surface area contributed by atoms with Crippen molar-refractivity contribution in [2.45, 2.75) is 122 Å². The number of hydrogen-bond donors (Lipinski definition) is 1. The first-order chi connectivity index (χ1) is 21.4. The van der Waals surface area contributed by atoms with E-state index in [2.05, 4.69) is 55.4 Å². The van der Waals surface area contributed by atoms with Crippen molar-refractivity contribution in [3.05, 3.63) is 106 Å². The molecule has 3 aromatic carbocycles. The molecule has 1 saturated heterocycles. The van der Waals surface area contributed by atoms with E-state index in [1.54, 1.807) is 0 Å². The minimum absolute atomic E-state index is 0.0235. The number of rotatable bonds is 14. The Balaban J connectivity index is 1.72. The Morgan fingerprint density at radius 3 is 1.84 bits per heavy atom. The van der Waals surface area contributed by atoms with Crippen LogP contribution in [0.5, 0.6) is 0 Å². The van der Waals surface area contributed by atoms with E-state index in [1.165, 1.54) is 0 Å². The summed E-state index contributed by atoms with van der Waals surface area (Å²) in [4.78, 5) is 0. The van der Waals surface area contributed by atoms with Crippen molar-refractivity contribution < 1.29 is 23.7 Å². The van der Waals surface area contributed by atoms with E-state index in [0.29, 0.717) is 47.0 Å². The average Bonchev–Trinajstić information content (AvgIpc) is 3.02. The Hall–Kier alpha value is -2.03. The number of benzene rings is 3. The van der Waals surface area contributed by atoms with Crippen molar-refractivity contribution in [2.24, 2.45) is 5.92 Å². The molecule has 1 N–H and O–H groups in total. The van der Waals surface area contributed by atoms with Crippen molar-refractivity contribution in [1.29, 1.82) is 0 Å². The van der Waals surface area contributed by atoms with E-state index in [0.717, 1.165) is 23.1 Å². The van der Waals surface area contributed by atoms with Gasteiger partial charge in [-0.25, -0.2) is 0 Å². The molecule has 1 aliphatic rings. The van der Waals surface area contributed by atoms with Gasteiger partial charge < -0.3 is 23.7 Å². The molecule has 0 bridgehead atoms. The minimum atomic E-state index is -2.15. The predicted molar refractivity (Wildman–Crippen MR) is 186 cm³/mol. The molecule has 3 aromatic rings. The molecule has 1 heterocycles. The van der Waals surface area contributed by atoms with Crippen LogP contribution in [0.1, 0.15) is 84.1 Å². The van der Waals surface area contributed by atoms with E-state index in [9.17, 15) is 5.11 Å². The third-order valence-electron chi connectivity index (χ3n) is 9.72. The van der Waals surface area contributed by atoms with Crippen LogP contribution in [0.2, 0.25) is 21.6 Å². The van der Waals surface area contributed by atoms with Gasteiger partial charge in [0.1, 0.15) is 6.10 Å². The van der Waals surface area contributed by atoms with Crippen LogP contribution in [-0.4, -0.2) is 31.7 Å². The summed E-state index contributed by atoms with van der Waals surface area (Å²) in [5, 5.41) is 13.3. The van der Waals surface area contributed by atoms with Crippen molar-refractivity contribution in [3.63, 3.8) is 0 Å². The predicted octanol–water partition coefficient (Wildman–Crippen LogP) is 9.79. The molecular weight excluding hydrogens is 600 g/mol. The highest BCUT2D eigenvalue weighted by Gasteiger charge is 2.55. The lowest BCUT2D eigenvalue weighted by molar-refractivity contribution is -0.361. The quantitative estimate of drug-likeness (QED) is 0.176. The fraction of sp³-hybridized carbons (Fsp3) is 0.526. The summed E-state index contributed by atoms with van der Waals surface area (Å²) in [7, 11) is -2.15. The highest BCUT2D eigenvalue weighted by atomic mass is 35.5. The van der Waals surface area contributed by atoms with Crippen LogP contribution in [0.4, 0.5) is 0 Å². The Bertz CT molecular complexity index is 1310. The lowest BCUT2D eigenvalue weighted by Gasteiger charge is -2.50. The zero-order valence-electron chi connectivity index (χ0n) is 28.3. The Kier molecular flexibility index (Phi) is 12.5. The van der Waals surface area contributed by atoms with Gasteiger partial charge in [-0.15, -0.1) is 0 Å². The first-order valence-electron chi connectivity index (χ1n) is 16.6. The van der Waals surface area contributed by atoms with E-state index >= 15 is 0 Å². The number of ether oxygens (including phenoxy) is 3. The van der Waals surface area contributed by atoms with E-state index in [1.807, 2.05) is 78.9 Å². The normalized spacial score (nSPS) is 24.1. The first-order valence-corrected chi connectivity index (χ1v) is 19.1. The lowest BCUT2D eigenvalue weighted by atomic mass is 9.82. The fourth-order valence-corrected chi connectivity index (χ4v) is 13.0. The van der Waals surface area contributed by atoms with Gasteiger partial charge in [-0.2, -0.15) is 0 Å². The van der Waals surface area contributed by atoms with Crippen molar-refractivity contribution in [1.82, 2.24) is 0 Å². The van der Waals surface area contributed by atoms with Crippen LogP contribution >= 0.6 is 11.6 Å². The van der Waals surface area contributed by atoms with Crippen LogP contribution < -0.4 is 0 Å². The average molecular weight is 653 g/mol. The summed E-state index contributed by atoms with van der Waals surface area (Å²) in [6.45, 7) is 18.9. The molecule has 0 aromatic heterocycles. The number of hydrogen-bond acceptors (Lipinski definition) is 5. The van der Waals surface area contributed by atoms with Gasteiger partial charge in [0.25, 0.3) is 0 Å². The highest BCUT2D eigenvalue weighted by molar-refractivity contribution is 6.77. The summed E-state index contributed by atoms with van der Waals surface area (Å²) in [6.07, 6.45) is -0.763. The van der Waals surface area contributed by atoms with E-state index in [-0.39, 0.29) is 12.0 Å². The highest BCUT2D eigenvalue weighted by Crippen LogP contribution is 2.45. The molecule has 0 saturated carbocycles. The second-order valence-corrected chi connectivity index (χ2v) is 19.4. The summed E-state index contributed by atoms with van der Waals surface area (Å²) in [5.74, 6) is -1.80. The molecule has 0 spiro atoms. The van der Waals surface area contributed by atoms with Crippen LogP contribution in [-0.2, 0) is 44.2 Å². The summed E-state index contributed by atoms with van der Waals surface area (Å²) in [5.41, 5.74) is 4.82. The van der Waals surface area contributed by atoms with Crippen LogP contribution in [0.25, 0.3) is 0 Å². The van der Waals surface area contributed by atoms with Crippen molar-refractivity contribution >= 4 is 19.9 Å². The SMILES string of the molecule is CC[C@H]1OC(O)(c2ccc(Cl)c(CO[Si](C(C)C)(C(C)C)C(C)C)c2)[C@H](OCc2ccccc2)[C@@H](OCc2ccccc2)[C@@H]1C. The van der Waals surface area contributed by atoms with Gasteiger partial charge in [0.15, 0.2) is 0 Å². The van der Waals surface area contributed by atoms with Gasteiger partial charge in [0.05, 0.1) is 32.0 Å². The van der Waals surface area contributed by atoms with Gasteiger partial charge in [-0.05, 0) is 51.9 Å². The molecule has 0 aliphatic carbocycles. The smallest absolute Gasteiger partial charge is 0.222 e. The maximum absolute atomic E-state index is 12.7. The second-order valence-electron chi connectivity index (χ2n) is 13.5. The zero-order chi connectivity index (χ0) is 32.8. The fourth-order valence-electron chi connectivity index (χ4n) is 7.39. The summed E-state index contributed by atoms with van der Waals surface area (Å²) in [6, 6.07) is 25.7. The first kappa shape index (κ1) is 35.8. The Morgan fingerprint density at radius 1 is 0.800 bits per heavy atom. The standard InChI is InChI=1S/C38H53ClO5Si/c1-9-35-29(8)36(41-23-30-16-12-10-13-17-30)37(42-24-31-18-14-11-15-19-31)38(40,44-35)33-20-21-34(39)32(22-33)25-43-45(26(2)3,27(4)5)28(6)7/h10-22,26-29,35-37,40H,9,23-25H2,1-8H3/t29-,35-,36+,37-,38?/m1/s1. The Labute approximate surface area is 277 Å². The van der Waals surface area contributed by atoms with Gasteiger partial charge >= 0.3 is 0 Å². The van der Waals surface area contributed by atoms with Crippen LogP contribution in [0, 0.1) is 5.92 Å². The molecule has 1 unspecified atom stereocenters. The van der Waals surface area contributed by atoms with Crippen molar-refractivity contribution in [2.75, 3.05) is 0 Å². The number of aliphatic hydroxyl groups is 1. The molecule has 45 heavy (non-hydrogen) atoms. The van der Waals surface area contributed by atoms with Crippen LogP contribution in [0.15, 0.2) is 78.9 Å². The van der Waals surface area contributed by atoms with E-state index < -0.39 is 26.3 Å². The number of halogens is 1. The zero-order valence-corrected chi connectivity index (χ0v) is 30.1. The Morgan fingerprint density at radius 2 is 1.33 bits per heavy atom. The molecule has 1 aliphatic heterocycles. The molecule has 4 rings (SSSR count). The lowest BCUT2D eigenvalue weighted by Crippen LogP contribution is -2.61. The monoisotopic (exact) mass is 652 g/mol. The maximum atomic E-state index is 12.7. The van der Waals surface area contributed by atoms with Crippen LogP contribution in [0.3, 0.4) is 0 Å². The molecule has 5 nitrogen and oxygen atoms in total. The molecule has 0 amide bonds. The molecule has 1 fully saturated rings. The largest absolute Gasteiger partial charge is 0.412 e. The van der Waals surface area contributed by atoms with Gasteiger partial charge in [-0.1, -0.05) is 134 Å². The minimum Gasteiger partial charge on any atom is -0.412 e. The second kappa shape index (κ2) is 15.7. The summed E-state index contributed by atoms with van der Waals surface area (Å²) < 4.78 is 26.8. The maximum Gasteiger partial charge on any atom is 0.222 e. The topological polar surface area (TPSA) is 57.2 Å². The molecule has 246 valence electrons. The van der Waals surface area contributed by atoms with Gasteiger partial charge in [0.2, 0.25) is 14.1 Å². The van der Waals surface area contributed by atoms with Gasteiger partial charge in [0, 0.05) is 16.5 Å². The van der Waals surface area contributed by atoms with Gasteiger partial charge in [-0.3, -0.25) is 0 Å². The van der Waals surface area contributed by atoms with Crippen molar-refractivity contribution in [3.8, 4) is 0 Å².